The molecule has 48 valence electrons. The molecule has 0 amide bonds. The zero-order valence-corrected chi connectivity index (χ0v) is 5.75. The number of hydrogen-bond acceptors (Lipinski definition) is 1. The van der Waals surface area contributed by atoms with Gasteiger partial charge in [-0.3, -0.25) is 0 Å². The van der Waals surface area contributed by atoms with E-state index in [1.807, 2.05) is 0 Å². The van der Waals surface area contributed by atoms with Crippen LogP contribution >= 0.6 is 23.2 Å². The maximum Gasteiger partial charge on any atom is 0.147 e. The average molecular weight is 166 g/mol. The molecule has 1 aromatic rings. The predicted molar refractivity (Wildman–Crippen MR) is 34.2 cm³/mol. The quantitative estimate of drug-likeness (QED) is 0.539. The lowest BCUT2D eigenvalue weighted by Crippen LogP contribution is -1.78. The fourth-order valence-corrected chi connectivity index (χ4v) is 0.654. The summed E-state index contributed by atoms with van der Waals surface area (Å²) in [5, 5.41) is 0.259. The van der Waals surface area contributed by atoms with E-state index in [0.29, 0.717) is 0 Å². The predicted octanol–water partition coefficient (Wildman–Crippen LogP) is 2.53. The van der Waals surface area contributed by atoms with Crippen LogP contribution in [0.4, 0.5) is 4.39 Å². The molecule has 1 aromatic heterocycles. The van der Waals surface area contributed by atoms with E-state index in [1.165, 1.54) is 0 Å². The highest BCUT2D eigenvalue weighted by atomic mass is 35.5. The summed E-state index contributed by atoms with van der Waals surface area (Å²) in [5.74, 6) is -0.482. The normalized spacial score (nSPS) is 9.67. The van der Waals surface area contributed by atoms with Gasteiger partial charge in [-0.1, -0.05) is 23.2 Å². The summed E-state index contributed by atoms with van der Waals surface area (Å²) in [5.41, 5.74) is 0. The zero-order chi connectivity index (χ0) is 6.85. The van der Waals surface area contributed by atoms with Crippen LogP contribution in [-0.4, -0.2) is 4.98 Å². The number of rotatable bonds is 0. The Balaban J connectivity index is 3.17. The fraction of sp³-hybridized carbons (Fsp3) is 0. The van der Waals surface area contributed by atoms with Crippen LogP contribution in [0.5, 0.6) is 0 Å². The third-order valence-electron chi connectivity index (χ3n) is 0.763. The van der Waals surface area contributed by atoms with E-state index in [4.69, 9.17) is 23.2 Å². The Morgan fingerprint density at radius 1 is 1.44 bits per heavy atom. The molecule has 0 atom stereocenters. The van der Waals surface area contributed by atoms with Crippen LogP contribution in [0.2, 0.25) is 10.2 Å². The van der Waals surface area contributed by atoms with Crippen molar-refractivity contribution in [3.63, 3.8) is 0 Å². The molecular formula is C5H2Cl2FN. The maximum absolute atomic E-state index is 12.1. The van der Waals surface area contributed by atoms with Crippen LogP contribution < -0.4 is 0 Å². The second-order valence-corrected chi connectivity index (χ2v) is 2.19. The Hall–Kier alpha value is -0.340. The van der Waals surface area contributed by atoms with Crippen LogP contribution in [-0.2, 0) is 0 Å². The molecule has 0 fully saturated rings. The number of hydrogen-bond donors (Lipinski definition) is 0. The van der Waals surface area contributed by atoms with Gasteiger partial charge in [0, 0.05) is 0 Å². The molecule has 0 radical (unpaired) electrons. The molecule has 1 nitrogen and oxygen atoms in total. The molecule has 0 N–H and O–H groups in total. The summed E-state index contributed by atoms with van der Waals surface area (Å²) in [6, 6.07) is 1.11. The van der Waals surface area contributed by atoms with Crippen molar-refractivity contribution >= 4 is 23.2 Å². The van der Waals surface area contributed by atoms with Gasteiger partial charge < -0.3 is 0 Å². The Morgan fingerprint density at radius 3 is 2.56 bits per heavy atom. The lowest BCUT2D eigenvalue weighted by molar-refractivity contribution is 0.621. The molecule has 1 heterocycles. The van der Waals surface area contributed by atoms with E-state index in [2.05, 4.69) is 4.98 Å². The standard InChI is InChI=1S/C5H2Cl2FN/c6-4-1-3(8)2-9-5(4)7/h1-2H. The van der Waals surface area contributed by atoms with Crippen molar-refractivity contribution in [3.05, 3.63) is 28.3 Å². The summed E-state index contributed by atoms with van der Waals surface area (Å²) >= 11 is 10.8. The summed E-state index contributed by atoms with van der Waals surface area (Å²) in [4.78, 5) is 3.44. The van der Waals surface area contributed by atoms with Crippen LogP contribution in [0, 0.1) is 5.82 Å². The van der Waals surface area contributed by atoms with Crippen LogP contribution in [0.15, 0.2) is 12.3 Å². The molecule has 0 aliphatic heterocycles. The molecule has 0 saturated carbocycles. The summed E-state index contributed by atoms with van der Waals surface area (Å²) < 4.78 is 12.1. The molecule has 0 unspecified atom stereocenters. The van der Waals surface area contributed by atoms with E-state index >= 15 is 0 Å². The minimum absolute atomic E-state index is 0.123. The SMILES string of the molecule is Fc1cnc(Cl)c(Cl)c1. The van der Waals surface area contributed by atoms with Crippen molar-refractivity contribution in [1.29, 1.82) is 0 Å². The largest absolute Gasteiger partial charge is 0.240 e. The number of pyridine rings is 1. The topological polar surface area (TPSA) is 12.9 Å². The highest BCUT2D eigenvalue weighted by molar-refractivity contribution is 6.41. The van der Waals surface area contributed by atoms with Gasteiger partial charge in [0.25, 0.3) is 0 Å². The molecule has 4 heteroatoms. The van der Waals surface area contributed by atoms with Gasteiger partial charge in [0.15, 0.2) is 0 Å². The minimum Gasteiger partial charge on any atom is -0.240 e. The Bertz CT molecular complexity index is 226. The van der Waals surface area contributed by atoms with Crippen LogP contribution in [0.1, 0.15) is 0 Å². The second-order valence-electron chi connectivity index (χ2n) is 1.43. The first-order valence-electron chi connectivity index (χ1n) is 2.16. The van der Waals surface area contributed by atoms with Crippen LogP contribution in [0.25, 0.3) is 0 Å². The highest BCUT2D eigenvalue weighted by Gasteiger charge is 1.97. The monoisotopic (exact) mass is 165 g/mol. The Morgan fingerprint density at radius 2 is 2.11 bits per heavy atom. The summed E-state index contributed by atoms with van der Waals surface area (Å²) in [7, 11) is 0. The third-order valence-corrected chi connectivity index (χ3v) is 1.45. The number of aromatic nitrogens is 1. The first kappa shape index (κ1) is 6.78. The first-order chi connectivity index (χ1) is 4.20. The van der Waals surface area contributed by atoms with Crippen molar-refractivity contribution in [2.75, 3.05) is 0 Å². The molecule has 0 aromatic carbocycles. The average Bonchev–Trinajstić information content (AvgIpc) is 1.80. The molecule has 0 spiro atoms. The van der Waals surface area contributed by atoms with E-state index in [0.717, 1.165) is 12.3 Å². The fourth-order valence-electron chi connectivity index (χ4n) is 0.398. The maximum atomic E-state index is 12.1. The highest BCUT2D eigenvalue weighted by Crippen LogP contribution is 2.18. The van der Waals surface area contributed by atoms with E-state index < -0.39 is 5.82 Å². The van der Waals surface area contributed by atoms with Crippen molar-refractivity contribution in [3.8, 4) is 0 Å². The molecule has 0 aliphatic rings. The van der Waals surface area contributed by atoms with Gasteiger partial charge in [0.1, 0.15) is 11.0 Å². The zero-order valence-electron chi connectivity index (χ0n) is 4.24. The van der Waals surface area contributed by atoms with Gasteiger partial charge in [-0.05, 0) is 6.07 Å². The lowest BCUT2D eigenvalue weighted by atomic mass is 10.5. The Kier molecular flexibility index (Phi) is 1.88. The Labute approximate surface area is 61.4 Å². The smallest absolute Gasteiger partial charge is 0.147 e. The second kappa shape index (κ2) is 2.50. The third kappa shape index (κ3) is 1.53. The van der Waals surface area contributed by atoms with Gasteiger partial charge in [0.05, 0.1) is 11.2 Å². The summed E-state index contributed by atoms with van der Waals surface area (Å²) in [6.45, 7) is 0. The van der Waals surface area contributed by atoms with E-state index in [1.54, 1.807) is 0 Å². The molecule has 0 bridgehead atoms. The summed E-state index contributed by atoms with van der Waals surface area (Å²) in [6.07, 6.45) is 1.01. The number of nitrogens with zero attached hydrogens (tertiary/aromatic N) is 1. The molecule has 1 rings (SSSR count). The van der Waals surface area contributed by atoms with Crippen molar-refractivity contribution in [1.82, 2.24) is 4.98 Å². The van der Waals surface area contributed by atoms with Gasteiger partial charge in [-0.2, -0.15) is 0 Å². The van der Waals surface area contributed by atoms with Gasteiger partial charge in [0.2, 0.25) is 0 Å². The first-order valence-corrected chi connectivity index (χ1v) is 2.92. The van der Waals surface area contributed by atoms with Gasteiger partial charge in [-0.15, -0.1) is 0 Å². The van der Waals surface area contributed by atoms with Crippen molar-refractivity contribution in [2.45, 2.75) is 0 Å². The van der Waals surface area contributed by atoms with E-state index in [9.17, 15) is 4.39 Å². The molecular weight excluding hydrogens is 164 g/mol. The van der Waals surface area contributed by atoms with E-state index in [-0.39, 0.29) is 10.2 Å². The minimum atomic E-state index is -0.482. The number of halogens is 3. The van der Waals surface area contributed by atoms with Gasteiger partial charge in [-0.25, -0.2) is 9.37 Å². The van der Waals surface area contributed by atoms with Crippen molar-refractivity contribution in [2.24, 2.45) is 0 Å². The van der Waals surface area contributed by atoms with Crippen molar-refractivity contribution < 1.29 is 4.39 Å². The lowest BCUT2D eigenvalue weighted by Gasteiger charge is -1.90. The molecule has 0 aliphatic carbocycles. The van der Waals surface area contributed by atoms with Gasteiger partial charge >= 0.3 is 0 Å². The molecule has 0 saturated heterocycles. The van der Waals surface area contributed by atoms with Crippen LogP contribution in [0.3, 0.4) is 0 Å². The molecule has 9 heavy (non-hydrogen) atoms.